The summed E-state index contributed by atoms with van der Waals surface area (Å²) in [7, 11) is 4.55. The molecule has 0 bridgehead atoms. The molecule has 0 radical (unpaired) electrons. The van der Waals surface area contributed by atoms with Crippen LogP contribution in [0.2, 0.25) is 0 Å². The minimum Gasteiger partial charge on any atom is -0.493 e. The molecular formula is C23H26N6O4. The van der Waals surface area contributed by atoms with E-state index in [-0.39, 0.29) is 22.6 Å². The molecule has 0 saturated carbocycles. The van der Waals surface area contributed by atoms with E-state index < -0.39 is 5.92 Å². The summed E-state index contributed by atoms with van der Waals surface area (Å²) >= 11 is 0. The Kier molecular flexibility index (Phi) is 5.49. The molecule has 1 aliphatic carbocycles. The van der Waals surface area contributed by atoms with Crippen molar-refractivity contribution < 1.29 is 19.0 Å². The lowest BCUT2D eigenvalue weighted by Crippen LogP contribution is -2.42. The van der Waals surface area contributed by atoms with Crippen LogP contribution >= 0.6 is 0 Å². The highest BCUT2D eigenvalue weighted by atomic mass is 16.5. The lowest BCUT2D eigenvalue weighted by molar-refractivity contribution is -0.118. The third kappa shape index (κ3) is 3.55. The monoisotopic (exact) mass is 450 g/mol. The average molecular weight is 450 g/mol. The molecule has 10 nitrogen and oxygen atoms in total. The summed E-state index contributed by atoms with van der Waals surface area (Å²) in [5, 5.41) is 16.9. The van der Waals surface area contributed by atoms with Crippen molar-refractivity contribution in [3.8, 4) is 23.3 Å². The van der Waals surface area contributed by atoms with Crippen LogP contribution in [0.25, 0.3) is 0 Å². The molecule has 0 fully saturated rings. The Morgan fingerprint density at radius 3 is 2.36 bits per heavy atom. The number of carbonyl (C=O) groups is 1. The van der Waals surface area contributed by atoms with Crippen LogP contribution in [0.4, 0.5) is 5.95 Å². The van der Waals surface area contributed by atoms with E-state index in [0.717, 1.165) is 0 Å². The number of nitrogens with zero attached hydrogens (tertiary/aromatic N) is 4. The van der Waals surface area contributed by atoms with Crippen molar-refractivity contribution in [1.29, 1.82) is 5.26 Å². The van der Waals surface area contributed by atoms with Crippen LogP contribution in [-0.4, -0.2) is 42.3 Å². The Morgan fingerprint density at radius 2 is 1.85 bits per heavy atom. The summed E-state index contributed by atoms with van der Waals surface area (Å²) in [5.41, 5.74) is 8.33. The van der Waals surface area contributed by atoms with Crippen molar-refractivity contribution >= 4 is 11.7 Å². The van der Waals surface area contributed by atoms with Crippen LogP contribution in [0.15, 0.2) is 41.1 Å². The number of benzene rings is 1. The first-order chi connectivity index (χ1) is 15.8. The number of ketones is 1. The molecule has 10 heteroatoms. The molecule has 2 aliphatic rings. The topological polar surface area (TPSA) is 139 Å². The number of nitrogens with one attached hydrogen (secondary N) is 1. The number of hydrogen-bond acceptors (Lipinski definition) is 9. The molecule has 0 spiro atoms. The number of aromatic amines is 1. The van der Waals surface area contributed by atoms with E-state index in [1.54, 1.807) is 17.0 Å². The molecule has 2 heterocycles. The quantitative estimate of drug-likeness (QED) is 0.703. The van der Waals surface area contributed by atoms with Gasteiger partial charge in [-0.2, -0.15) is 15.3 Å². The lowest BCUT2D eigenvalue weighted by atomic mass is 9.68. The van der Waals surface area contributed by atoms with E-state index in [0.29, 0.717) is 52.9 Å². The summed E-state index contributed by atoms with van der Waals surface area (Å²) in [6.07, 6.45) is 2.26. The molecule has 33 heavy (non-hydrogen) atoms. The smallest absolute Gasteiger partial charge is 0.231 e. The molecular weight excluding hydrogens is 424 g/mol. The number of hydrogen-bond donors (Lipinski definition) is 2. The number of allylic oxidation sites excluding steroid dienone is 3. The Labute approximate surface area is 191 Å². The van der Waals surface area contributed by atoms with Gasteiger partial charge < -0.3 is 19.9 Å². The zero-order valence-corrected chi connectivity index (χ0v) is 19.2. The third-order valence-electron chi connectivity index (χ3n) is 6.02. The second kappa shape index (κ2) is 8.16. The fraction of sp³-hybridized carbons (Fsp3) is 0.391. The Morgan fingerprint density at radius 1 is 1.18 bits per heavy atom. The van der Waals surface area contributed by atoms with Crippen molar-refractivity contribution in [2.75, 3.05) is 26.2 Å². The highest BCUT2D eigenvalue weighted by Crippen LogP contribution is 2.51. The standard InChI is InChI=1S/C23H26N6O4/c1-23(2)8-14-19(15(30)9-23)18(12-6-16(31-3)20(33-5)17(7-12)32-4)13(10-24)21(25)29(14)22-26-11-27-28-22/h6-7,11,18H,8-9,25H2,1-5H3,(H,26,27,28)/t18-/m1/s1. The van der Waals surface area contributed by atoms with Gasteiger partial charge in [-0.3, -0.25) is 9.69 Å². The summed E-state index contributed by atoms with van der Waals surface area (Å²) in [4.78, 5) is 19.4. The summed E-state index contributed by atoms with van der Waals surface area (Å²) in [6, 6.07) is 5.72. The van der Waals surface area contributed by atoms with Crippen molar-refractivity contribution in [3.63, 3.8) is 0 Å². The van der Waals surface area contributed by atoms with Gasteiger partial charge in [-0.1, -0.05) is 13.8 Å². The first-order valence-corrected chi connectivity index (χ1v) is 10.4. The van der Waals surface area contributed by atoms with Gasteiger partial charge in [0.1, 0.15) is 12.1 Å². The minimum absolute atomic E-state index is 0.0511. The average Bonchev–Trinajstić information content (AvgIpc) is 3.30. The Balaban J connectivity index is 2.02. The third-order valence-corrected chi connectivity index (χ3v) is 6.02. The number of methoxy groups -OCH3 is 3. The zero-order chi connectivity index (χ0) is 23.9. The van der Waals surface area contributed by atoms with Gasteiger partial charge >= 0.3 is 0 Å². The van der Waals surface area contributed by atoms with E-state index in [1.807, 2.05) is 13.8 Å². The van der Waals surface area contributed by atoms with Gasteiger partial charge in [-0.25, -0.2) is 5.10 Å². The van der Waals surface area contributed by atoms with Gasteiger partial charge in [0, 0.05) is 17.7 Å². The Bertz CT molecular complexity index is 1180. The molecule has 2 aromatic rings. The first-order valence-electron chi connectivity index (χ1n) is 10.4. The van der Waals surface area contributed by atoms with Gasteiger partial charge in [-0.15, -0.1) is 0 Å². The number of rotatable bonds is 5. The number of nitriles is 1. The fourth-order valence-electron chi connectivity index (χ4n) is 4.66. The number of anilines is 1. The maximum atomic E-state index is 13.6. The van der Waals surface area contributed by atoms with Gasteiger partial charge in [0.05, 0.1) is 38.9 Å². The normalized spacial score (nSPS) is 19.8. The maximum absolute atomic E-state index is 13.6. The van der Waals surface area contributed by atoms with Crippen molar-refractivity contribution in [2.24, 2.45) is 11.1 Å². The van der Waals surface area contributed by atoms with E-state index in [1.165, 1.54) is 27.7 Å². The van der Waals surface area contributed by atoms with Crippen molar-refractivity contribution in [3.05, 3.63) is 46.7 Å². The molecule has 1 aromatic carbocycles. The first kappa shape index (κ1) is 22.2. The van der Waals surface area contributed by atoms with Crippen LogP contribution in [0, 0.1) is 16.7 Å². The van der Waals surface area contributed by atoms with Crippen molar-refractivity contribution in [1.82, 2.24) is 15.2 Å². The van der Waals surface area contributed by atoms with Crippen LogP contribution in [-0.2, 0) is 4.79 Å². The number of H-pyrrole nitrogens is 1. The summed E-state index contributed by atoms with van der Waals surface area (Å²) in [5.74, 6) is 1.06. The van der Waals surface area contributed by atoms with Gasteiger partial charge in [0.15, 0.2) is 17.3 Å². The highest BCUT2D eigenvalue weighted by Gasteiger charge is 2.45. The lowest BCUT2D eigenvalue weighted by Gasteiger charge is -2.42. The van der Waals surface area contributed by atoms with E-state index in [2.05, 4.69) is 21.3 Å². The molecule has 0 unspecified atom stereocenters. The largest absolute Gasteiger partial charge is 0.493 e. The molecule has 1 atom stereocenters. The number of carbonyl (C=O) groups excluding carboxylic acids is 1. The molecule has 3 N–H and O–H groups in total. The minimum atomic E-state index is -0.693. The SMILES string of the molecule is COc1cc([C@@H]2C(C#N)=C(N)N(c3ncn[nH]3)C3=C2C(=O)CC(C)(C)C3)cc(OC)c1OC. The van der Waals surface area contributed by atoms with E-state index >= 15 is 0 Å². The van der Waals surface area contributed by atoms with Crippen LogP contribution in [0.1, 0.15) is 38.2 Å². The number of aromatic nitrogens is 3. The summed E-state index contributed by atoms with van der Waals surface area (Å²) < 4.78 is 16.5. The molecule has 0 saturated heterocycles. The van der Waals surface area contributed by atoms with Gasteiger partial charge in [-0.05, 0) is 29.5 Å². The molecule has 172 valence electrons. The van der Waals surface area contributed by atoms with E-state index in [9.17, 15) is 10.1 Å². The second-order valence-electron chi connectivity index (χ2n) is 8.75. The maximum Gasteiger partial charge on any atom is 0.231 e. The van der Waals surface area contributed by atoms with Crippen LogP contribution in [0.3, 0.4) is 0 Å². The Hall–Kier alpha value is -4.00. The number of nitrogens with two attached hydrogens (primary N) is 1. The second-order valence-corrected chi connectivity index (χ2v) is 8.75. The molecule has 1 aliphatic heterocycles. The fourth-order valence-corrected chi connectivity index (χ4v) is 4.66. The van der Waals surface area contributed by atoms with Crippen LogP contribution in [0.5, 0.6) is 17.2 Å². The van der Waals surface area contributed by atoms with Crippen molar-refractivity contribution in [2.45, 2.75) is 32.6 Å². The molecule has 0 amide bonds. The predicted octanol–water partition coefficient (Wildman–Crippen LogP) is 2.77. The highest BCUT2D eigenvalue weighted by molar-refractivity contribution is 6.01. The summed E-state index contributed by atoms with van der Waals surface area (Å²) in [6.45, 7) is 4.06. The van der Waals surface area contributed by atoms with Gasteiger partial charge in [0.25, 0.3) is 0 Å². The number of Topliss-reactive ketones (excluding diaryl/α,β-unsaturated/α-hetero) is 1. The molecule has 1 aromatic heterocycles. The number of ether oxygens (including phenoxy) is 3. The predicted molar refractivity (Wildman–Crippen MR) is 120 cm³/mol. The van der Waals surface area contributed by atoms with Gasteiger partial charge in [0.2, 0.25) is 11.7 Å². The molecule has 4 rings (SSSR count). The van der Waals surface area contributed by atoms with Crippen LogP contribution < -0.4 is 24.8 Å². The van der Waals surface area contributed by atoms with E-state index in [4.69, 9.17) is 19.9 Å². The zero-order valence-electron chi connectivity index (χ0n) is 19.2.